The number of carboxylic acid groups (broad SMARTS) is 1. The van der Waals surface area contributed by atoms with E-state index in [4.69, 9.17) is 9.84 Å². The quantitative estimate of drug-likeness (QED) is 0.736. The van der Waals surface area contributed by atoms with Gasteiger partial charge in [0.1, 0.15) is 6.10 Å². The molecule has 6 heteroatoms. The molecule has 0 aliphatic carbocycles. The van der Waals surface area contributed by atoms with Gasteiger partial charge in [0.05, 0.1) is 18.7 Å². The van der Waals surface area contributed by atoms with Gasteiger partial charge in [0, 0.05) is 19.3 Å². The highest BCUT2D eigenvalue weighted by Gasteiger charge is 2.18. The van der Waals surface area contributed by atoms with Gasteiger partial charge >= 0.3 is 5.97 Å². The van der Waals surface area contributed by atoms with Crippen LogP contribution >= 0.6 is 0 Å². The topological polar surface area (TPSA) is 84.3 Å². The number of morpholine rings is 1. The molecule has 2 heterocycles. The van der Waals surface area contributed by atoms with Gasteiger partial charge in [-0.05, 0) is 6.07 Å². The number of carbonyl (C=O) groups is 1. The Bertz CT molecular complexity index is 377. The first-order chi connectivity index (χ1) is 7.75. The van der Waals surface area contributed by atoms with Crippen LogP contribution in [-0.2, 0) is 16.0 Å². The summed E-state index contributed by atoms with van der Waals surface area (Å²) < 4.78 is 5.49. The number of hydrogen-bond acceptors (Lipinski definition) is 5. The van der Waals surface area contributed by atoms with Crippen molar-refractivity contribution in [3.8, 4) is 0 Å². The van der Waals surface area contributed by atoms with Gasteiger partial charge in [0.25, 0.3) is 0 Å². The van der Waals surface area contributed by atoms with E-state index in [0.29, 0.717) is 24.7 Å². The van der Waals surface area contributed by atoms with E-state index in [9.17, 15) is 4.79 Å². The normalized spacial score (nSPS) is 20.6. The number of carboxylic acids is 1. The van der Waals surface area contributed by atoms with Crippen LogP contribution in [0.25, 0.3) is 0 Å². The molecule has 1 aliphatic rings. The minimum Gasteiger partial charge on any atom is -0.481 e. The summed E-state index contributed by atoms with van der Waals surface area (Å²) in [6.07, 6.45) is 1.30. The van der Waals surface area contributed by atoms with Crippen LogP contribution in [0.5, 0.6) is 0 Å². The zero-order valence-corrected chi connectivity index (χ0v) is 8.72. The lowest BCUT2D eigenvalue weighted by Gasteiger charge is -2.22. The molecular weight excluding hydrogens is 210 g/mol. The maximum atomic E-state index is 10.6. The Kier molecular flexibility index (Phi) is 3.43. The number of nitrogens with one attached hydrogen (secondary N) is 1. The Balaban J connectivity index is 2.11. The zero-order chi connectivity index (χ0) is 11.4. The summed E-state index contributed by atoms with van der Waals surface area (Å²) in [7, 11) is 0. The van der Waals surface area contributed by atoms with Gasteiger partial charge in [-0.15, -0.1) is 0 Å². The number of aliphatic carboxylic acids is 1. The van der Waals surface area contributed by atoms with Crippen molar-refractivity contribution in [2.24, 2.45) is 0 Å². The van der Waals surface area contributed by atoms with Crippen LogP contribution in [0, 0.1) is 0 Å². The lowest BCUT2D eigenvalue weighted by Crippen LogP contribution is -2.34. The first-order valence-electron chi connectivity index (χ1n) is 5.11. The lowest BCUT2D eigenvalue weighted by molar-refractivity contribution is -0.136. The molecule has 0 bridgehead atoms. The van der Waals surface area contributed by atoms with Crippen LogP contribution in [0.15, 0.2) is 12.3 Å². The van der Waals surface area contributed by atoms with Crippen LogP contribution in [-0.4, -0.2) is 40.7 Å². The molecule has 16 heavy (non-hydrogen) atoms. The second-order valence-corrected chi connectivity index (χ2v) is 3.54. The largest absolute Gasteiger partial charge is 0.481 e. The molecule has 0 radical (unpaired) electrons. The molecule has 6 nitrogen and oxygen atoms in total. The first kappa shape index (κ1) is 11.0. The second kappa shape index (κ2) is 5.00. The molecule has 1 atom stereocenters. The second-order valence-electron chi connectivity index (χ2n) is 3.54. The average Bonchev–Trinajstić information content (AvgIpc) is 2.30. The molecule has 1 aliphatic heterocycles. The van der Waals surface area contributed by atoms with Crippen LogP contribution in [0.4, 0.5) is 0 Å². The van der Waals surface area contributed by atoms with E-state index in [0.717, 1.165) is 6.54 Å². The molecule has 1 fully saturated rings. The lowest BCUT2D eigenvalue weighted by atomic mass is 10.2. The van der Waals surface area contributed by atoms with E-state index < -0.39 is 5.97 Å². The van der Waals surface area contributed by atoms with Crippen LogP contribution in [0.1, 0.15) is 17.6 Å². The summed E-state index contributed by atoms with van der Waals surface area (Å²) in [6.45, 7) is 2.11. The molecule has 1 aromatic rings. The maximum absolute atomic E-state index is 10.6. The van der Waals surface area contributed by atoms with Gasteiger partial charge in [-0.1, -0.05) is 0 Å². The highest BCUT2D eigenvalue weighted by Crippen LogP contribution is 2.14. The zero-order valence-electron chi connectivity index (χ0n) is 8.72. The van der Waals surface area contributed by atoms with Crippen LogP contribution in [0.3, 0.4) is 0 Å². The molecule has 0 amide bonds. The van der Waals surface area contributed by atoms with E-state index in [2.05, 4.69) is 15.3 Å². The SMILES string of the molecule is O=C(O)Cc1ccnc(C2CNCCO2)n1. The molecular formula is C10H13N3O3. The third-order valence-electron chi connectivity index (χ3n) is 2.28. The Morgan fingerprint density at radius 1 is 1.69 bits per heavy atom. The molecule has 0 aromatic carbocycles. The fourth-order valence-corrected chi connectivity index (χ4v) is 1.55. The molecule has 0 spiro atoms. The number of aromatic nitrogens is 2. The highest BCUT2D eigenvalue weighted by atomic mass is 16.5. The molecule has 1 unspecified atom stereocenters. The van der Waals surface area contributed by atoms with E-state index in [-0.39, 0.29) is 12.5 Å². The van der Waals surface area contributed by atoms with E-state index in [1.165, 1.54) is 0 Å². The molecule has 0 saturated carbocycles. The first-order valence-corrected chi connectivity index (χ1v) is 5.11. The Morgan fingerprint density at radius 3 is 3.25 bits per heavy atom. The van der Waals surface area contributed by atoms with Gasteiger partial charge in [0.2, 0.25) is 0 Å². The molecule has 2 rings (SSSR count). The molecule has 1 aromatic heterocycles. The van der Waals surface area contributed by atoms with Crippen molar-refractivity contribution in [3.05, 3.63) is 23.8 Å². The van der Waals surface area contributed by atoms with Gasteiger partial charge in [0.15, 0.2) is 5.82 Å². The maximum Gasteiger partial charge on any atom is 0.309 e. The van der Waals surface area contributed by atoms with Crippen LogP contribution in [0.2, 0.25) is 0 Å². The van der Waals surface area contributed by atoms with Crippen LogP contribution < -0.4 is 5.32 Å². The van der Waals surface area contributed by atoms with E-state index in [1.54, 1.807) is 12.3 Å². The number of ether oxygens (including phenoxy) is 1. The predicted octanol–water partition coefficient (Wildman–Crippen LogP) is -0.235. The fraction of sp³-hybridized carbons (Fsp3) is 0.500. The molecule has 86 valence electrons. The van der Waals surface area contributed by atoms with Crippen molar-refractivity contribution in [3.63, 3.8) is 0 Å². The summed E-state index contributed by atoms with van der Waals surface area (Å²) in [5.41, 5.74) is 0.506. The average molecular weight is 223 g/mol. The van der Waals surface area contributed by atoms with E-state index >= 15 is 0 Å². The van der Waals surface area contributed by atoms with Gasteiger partial charge in [-0.25, -0.2) is 9.97 Å². The van der Waals surface area contributed by atoms with Gasteiger partial charge < -0.3 is 15.2 Å². The standard InChI is InChI=1S/C10H13N3O3/c14-9(15)5-7-1-2-12-10(13-7)8-6-11-3-4-16-8/h1-2,8,11H,3-6H2,(H,14,15). The van der Waals surface area contributed by atoms with Gasteiger partial charge in [-0.3, -0.25) is 4.79 Å². The van der Waals surface area contributed by atoms with Crippen molar-refractivity contribution in [1.82, 2.24) is 15.3 Å². The third-order valence-corrected chi connectivity index (χ3v) is 2.28. The smallest absolute Gasteiger partial charge is 0.309 e. The Morgan fingerprint density at radius 2 is 2.56 bits per heavy atom. The summed E-state index contributed by atoms with van der Waals surface area (Å²) in [4.78, 5) is 18.8. The summed E-state index contributed by atoms with van der Waals surface area (Å²) in [5.74, 6) is -0.349. The van der Waals surface area contributed by atoms with E-state index in [1.807, 2.05) is 0 Å². The van der Waals surface area contributed by atoms with Crippen molar-refractivity contribution in [1.29, 1.82) is 0 Å². The van der Waals surface area contributed by atoms with Crippen molar-refractivity contribution < 1.29 is 14.6 Å². The number of hydrogen-bond donors (Lipinski definition) is 2. The summed E-state index contributed by atoms with van der Waals surface area (Å²) in [5, 5.41) is 11.8. The minimum absolute atomic E-state index is 0.0876. The highest BCUT2D eigenvalue weighted by molar-refractivity contribution is 5.69. The minimum atomic E-state index is -0.896. The Labute approximate surface area is 92.7 Å². The third kappa shape index (κ3) is 2.74. The molecule has 1 saturated heterocycles. The summed E-state index contributed by atoms with van der Waals surface area (Å²) >= 11 is 0. The number of nitrogens with zero attached hydrogens (tertiary/aromatic N) is 2. The Hall–Kier alpha value is -1.53. The van der Waals surface area contributed by atoms with Crippen molar-refractivity contribution in [2.45, 2.75) is 12.5 Å². The fourth-order valence-electron chi connectivity index (χ4n) is 1.55. The van der Waals surface area contributed by atoms with Crippen molar-refractivity contribution >= 4 is 5.97 Å². The van der Waals surface area contributed by atoms with Gasteiger partial charge in [-0.2, -0.15) is 0 Å². The van der Waals surface area contributed by atoms with Crippen molar-refractivity contribution in [2.75, 3.05) is 19.7 Å². The summed E-state index contributed by atoms with van der Waals surface area (Å²) in [6, 6.07) is 1.61. The monoisotopic (exact) mass is 223 g/mol. The number of rotatable bonds is 3. The molecule has 2 N–H and O–H groups in total. The predicted molar refractivity (Wildman–Crippen MR) is 54.9 cm³/mol.